The van der Waals surface area contributed by atoms with Crippen molar-refractivity contribution in [2.24, 2.45) is 28.7 Å². The molecule has 0 saturated carbocycles. The van der Waals surface area contributed by atoms with Gasteiger partial charge in [-0.25, -0.2) is 5.41 Å². The molecule has 5 N–H and O–H groups in total. The lowest BCUT2D eigenvalue weighted by Gasteiger charge is -2.21. The molecule has 97 heavy (non-hydrogen) atoms. The summed E-state index contributed by atoms with van der Waals surface area (Å²) in [6, 6.07) is 24.5. The van der Waals surface area contributed by atoms with Crippen LogP contribution < -0.4 is 18.9 Å². The minimum absolute atomic E-state index is 0. The highest BCUT2D eigenvalue weighted by molar-refractivity contribution is 5.86. The van der Waals surface area contributed by atoms with Gasteiger partial charge in [-0.15, -0.1) is 73.9 Å². The van der Waals surface area contributed by atoms with Crippen molar-refractivity contribution >= 4 is 79.5 Å². The molecule has 0 aliphatic heterocycles. The van der Waals surface area contributed by atoms with Crippen molar-refractivity contribution in [1.82, 2.24) is 19.6 Å². The minimum atomic E-state index is -0.378. The van der Waals surface area contributed by atoms with Crippen molar-refractivity contribution in [3.63, 3.8) is 0 Å². The fourth-order valence-electron chi connectivity index (χ4n) is 8.45. The lowest BCUT2D eigenvalue weighted by Crippen LogP contribution is -2.18. The molecule has 0 heterocycles. The fourth-order valence-corrected chi connectivity index (χ4v) is 8.45. The predicted octanol–water partition coefficient (Wildman–Crippen LogP) is 15.1. The van der Waals surface area contributed by atoms with Gasteiger partial charge in [-0.1, -0.05) is 66.8 Å². The molecular formula is C75H122Cl4N6O12. The van der Waals surface area contributed by atoms with Gasteiger partial charge in [0.2, 0.25) is 0 Å². The van der Waals surface area contributed by atoms with Gasteiger partial charge in [-0.3, -0.25) is 19.2 Å². The van der Waals surface area contributed by atoms with Gasteiger partial charge < -0.3 is 59.0 Å². The van der Waals surface area contributed by atoms with Gasteiger partial charge in [0.1, 0.15) is 6.01 Å². The summed E-state index contributed by atoms with van der Waals surface area (Å²) in [7, 11) is 15.6. The number of nitrogens with one attached hydrogen (secondary N) is 1. The van der Waals surface area contributed by atoms with Crippen LogP contribution in [0.1, 0.15) is 129 Å². The topological polar surface area (TPSA) is 235 Å². The summed E-state index contributed by atoms with van der Waals surface area (Å²) in [6.45, 7) is 11.6. The molecular weight excluding hydrogens is 1320 g/mol. The number of terminal acetylenes is 3. The van der Waals surface area contributed by atoms with E-state index in [1.165, 1.54) is 12.1 Å². The van der Waals surface area contributed by atoms with Crippen molar-refractivity contribution in [3.05, 3.63) is 95.1 Å². The molecule has 0 aromatic heterocycles. The van der Waals surface area contributed by atoms with Gasteiger partial charge in [0, 0.05) is 50.4 Å². The van der Waals surface area contributed by atoms with Gasteiger partial charge in [-0.2, -0.15) is 0 Å². The van der Waals surface area contributed by atoms with E-state index >= 15 is 0 Å². The molecule has 0 saturated heterocycles. The second-order valence-corrected chi connectivity index (χ2v) is 22.9. The number of hydrogen-bond acceptors (Lipinski definition) is 18. The highest BCUT2D eigenvalue weighted by atomic mass is 35.5. The third-order valence-corrected chi connectivity index (χ3v) is 13.7. The highest BCUT2D eigenvalue weighted by Gasteiger charge is 2.22. The van der Waals surface area contributed by atoms with E-state index in [0.29, 0.717) is 50.4 Å². The number of rotatable bonds is 30. The minimum Gasteiger partial charge on any atom is -0.504 e. The molecule has 0 bridgehead atoms. The Hall–Kier alpha value is -8.30. The number of phenols is 4. The molecule has 0 amide bonds. The zero-order valence-electron chi connectivity index (χ0n) is 56.7. The van der Waals surface area contributed by atoms with Crippen molar-refractivity contribution in [3.8, 4) is 119 Å². The van der Waals surface area contributed by atoms with Crippen molar-refractivity contribution in [2.75, 3.05) is 82.6 Å². The lowest BCUT2D eigenvalue weighted by atomic mass is 9.85. The number of aliphatic imine (C=N–C) groups is 1. The molecule has 4 aromatic carbocycles. The van der Waals surface area contributed by atoms with Crippen LogP contribution in [0.15, 0.2) is 77.8 Å². The highest BCUT2D eigenvalue weighted by Crippen LogP contribution is 2.35. The van der Waals surface area contributed by atoms with Crippen LogP contribution in [0.5, 0.6) is 46.0 Å². The second kappa shape index (κ2) is 57.9. The molecule has 0 fully saturated rings. The second-order valence-electron chi connectivity index (χ2n) is 22.9. The van der Waals surface area contributed by atoms with E-state index in [-0.39, 0.29) is 185 Å². The smallest absolute Gasteiger partial charge is 0.311 e. The average Bonchev–Trinajstić information content (AvgIpc) is 0.849. The third-order valence-electron chi connectivity index (χ3n) is 13.7. The van der Waals surface area contributed by atoms with Crippen LogP contribution in [0, 0.1) is 102 Å². The zero-order valence-corrected chi connectivity index (χ0v) is 60.0. The first-order chi connectivity index (χ1) is 43.2. The first-order valence-corrected chi connectivity index (χ1v) is 29.9. The third kappa shape index (κ3) is 47.3. The summed E-state index contributed by atoms with van der Waals surface area (Å²) < 4.78 is 22.9. The van der Waals surface area contributed by atoms with Crippen LogP contribution in [0.25, 0.3) is 0 Å². The molecule has 4 aromatic rings. The number of aromatic hydroxyl groups is 4. The van der Waals surface area contributed by atoms with Crippen LogP contribution in [0.2, 0.25) is 0 Å². The van der Waals surface area contributed by atoms with Crippen molar-refractivity contribution < 1.29 is 71.4 Å². The standard InChI is InChI=1S/C42H66N4O8.C18H22O4.C7H2N2.C6H2.2CH4.4ClH.9H2/c1-31(27-33-19-21-35(51-39(47)15-11-23-43(3)4)37(29-33)53-41(49)17-13-25-45(7)8)32(2)28-34-20-22-36(52-40(48)16-12-24-44(5)6)38(30-34)54-42(50)18-14-26-46(9)10;1-11(7-13-3-5-15(19)17(21)9-13)12(2)8-14-4-6-16(20)18(22)10-14;1-2-3-4-5-6-9-7-8;1-3-5-6-4-2;;;;;;;;;;;;;;;/h19-22,29-32H,11-18,23-28H2,1-10H3;3-6,9-12,19-22H,7-8H2,1-2H3;1,8H;1-2H;2*1H4;13*1H/t31-,32+;11-,12+;;;;;;;;;;;;;;;;;. The van der Waals surface area contributed by atoms with Crippen molar-refractivity contribution in [2.45, 2.75) is 120 Å². The first-order valence-electron chi connectivity index (χ1n) is 29.9. The molecule has 552 valence electrons. The van der Waals surface area contributed by atoms with Gasteiger partial charge in [0.25, 0.3) is 0 Å². The summed E-state index contributed by atoms with van der Waals surface area (Å²) >= 11 is 0. The number of nitrogens with zero attached hydrogens (tertiary/aromatic N) is 5. The maximum atomic E-state index is 12.8. The maximum absolute atomic E-state index is 12.8. The van der Waals surface area contributed by atoms with Crippen LogP contribution in [0.3, 0.4) is 0 Å². The molecule has 0 aliphatic carbocycles. The van der Waals surface area contributed by atoms with Crippen LogP contribution >= 0.6 is 49.6 Å². The Morgan fingerprint density at radius 1 is 0.423 bits per heavy atom. The Morgan fingerprint density at radius 3 is 0.938 bits per heavy atom. The quantitative estimate of drug-likeness (QED) is 0.0107. The average molecular weight is 1440 g/mol. The maximum Gasteiger partial charge on any atom is 0.311 e. The SMILES string of the molecule is C.C.C#CC#CC#C.C#CC#CC#CN=C=N.C[C@H](Cc1ccc(O)c(O)c1)[C@@H](C)Cc1ccc(O)c(O)c1.C[C@H](Cc1ccc(OC(=O)CCCN(C)C)c(OC(=O)CCCN(C)C)c1)[C@@H](C)Cc1ccc(OC(=O)CCCN(C)C)c(OC(=O)CCCN(C)C)c1.Cl.Cl.Cl.Cl.[HH].[HH].[HH].[HH].[HH].[HH].[HH].[HH].[HH]. The van der Waals surface area contributed by atoms with Gasteiger partial charge in [0.15, 0.2) is 46.0 Å². The lowest BCUT2D eigenvalue weighted by molar-refractivity contribution is -0.137. The van der Waals surface area contributed by atoms with E-state index in [2.05, 4.69) is 86.1 Å². The molecule has 0 aliphatic rings. The molecule has 22 heteroatoms. The Labute approximate surface area is 617 Å². The Balaban J connectivity index is -0.000000102. The molecule has 4 atom stereocenters. The summed E-state index contributed by atoms with van der Waals surface area (Å²) in [5.41, 5.74) is 3.84. The van der Waals surface area contributed by atoms with Gasteiger partial charge in [0.05, 0.1) is 6.04 Å². The fraction of sp³-hybridized carbons (Fsp3) is 0.453. The summed E-state index contributed by atoms with van der Waals surface area (Å²) in [5, 5.41) is 44.0. The Morgan fingerprint density at radius 2 is 0.680 bits per heavy atom. The van der Waals surface area contributed by atoms with Crippen molar-refractivity contribution in [1.29, 1.82) is 5.41 Å². The number of esters is 4. The normalized spacial score (nSPS) is 10.7. The van der Waals surface area contributed by atoms with E-state index < -0.39 is 0 Å². The molecule has 4 rings (SSSR count). The summed E-state index contributed by atoms with van der Waals surface area (Å²) in [4.78, 5) is 62.1. The van der Waals surface area contributed by atoms with Crippen LogP contribution in [-0.2, 0) is 44.9 Å². The van der Waals surface area contributed by atoms with Crippen LogP contribution in [-0.4, -0.2) is 152 Å². The summed E-state index contributed by atoms with van der Waals surface area (Å²) in [6.07, 6.45) is 20.7. The summed E-state index contributed by atoms with van der Waals surface area (Å²) in [5.74, 6) is 17.7. The zero-order chi connectivity index (χ0) is 68.3. The molecule has 0 unspecified atom stereocenters. The molecule has 18 nitrogen and oxygen atoms in total. The Bertz CT molecular complexity index is 3210. The van der Waals surface area contributed by atoms with E-state index in [1.807, 2.05) is 100 Å². The van der Waals surface area contributed by atoms with E-state index in [9.17, 15) is 39.6 Å². The number of benzene rings is 4. The largest absolute Gasteiger partial charge is 0.504 e. The van der Waals surface area contributed by atoms with E-state index in [1.54, 1.807) is 42.4 Å². The molecule has 0 spiro atoms. The number of ether oxygens (including phenoxy) is 4. The van der Waals surface area contributed by atoms with E-state index in [4.69, 9.17) is 43.6 Å². The number of carbonyl (C=O) groups excluding carboxylic acids is 4. The first kappa shape index (κ1) is 99.7. The number of carbonyl (C=O) groups is 4. The predicted molar refractivity (Wildman–Crippen MR) is 419 cm³/mol. The molecule has 0 radical (unpaired) electrons. The van der Waals surface area contributed by atoms with Crippen LogP contribution in [0.4, 0.5) is 0 Å². The number of hydrogen-bond donors (Lipinski definition) is 5. The monoisotopic (exact) mass is 1440 g/mol. The number of halogens is 4. The Kier molecular flexibility index (Phi) is 59.5. The number of phenolic OH excluding ortho intramolecular Hbond substituents is 4. The van der Waals surface area contributed by atoms with Gasteiger partial charge >= 0.3 is 23.9 Å². The van der Waals surface area contributed by atoms with Gasteiger partial charge in [-0.05, 0) is 264 Å². The van der Waals surface area contributed by atoms with E-state index in [0.717, 1.165) is 61.3 Å².